The van der Waals surface area contributed by atoms with E-state index in [0.717, 1.165) is 17.7 Å². The maximum Gasteiger partial charge on any atom is 0.227 e. The molecule has 0 radical (unpaired) electrons. The summed E-state index contributed by atoms with van der Waals surface area (Å²) in [5.41, 5.74) is 0. The van der Waals surface area contributed by atoms with Crippen LogP contribution in [0.5, 0.6) is 0 Å². The van der Waals surface area contributed by atoms with Gasteiger partial charge in [-0.3, -0.25) is 0 Å². The van der Waals surface area contributed by atoms with Crippen molar-refractivity contribution in [2.45, 2.75) is 44.9 Å². The maximum absolute atomic E-state index is 8.77. The van der Waals surface area contributed by atoms with Gasteiger partial charge in [0.1, 0.15) is 0 Å². The molecule has 0 bridgehead atoms. The quantitative estimate of drug-likeness (QED) is 0.781. The second-order valence-electron chi connectivity index (χ2n) is 5.48. The van der Waals surface area contributed by atoms with Crippen LogP contribution in [0.2, 0.25) is 0 Å². The molecule has 1 unspecified atom stereocenters. The third-order valence-electron chi connectivity index (χ3n) is 3.74. The summed E-state index contributed by atoms with van der Waals surface area (Å²) < 4.78 is 5.26. The molecule has 1 aromatic heterocycles. The summed E-state index contributed by atoms with van der Waals surface area (Å²) in [6, 6.07) is 2.19. The first-order valence-corrected chi connectivity index (χ1v) is 6.50. The molecule has 2 saturated carbocycles. The van der Waals surface area contributed by atoms with Crippen LogP contribution in [-0.2, 0) is 6.42 Å². The van der Waals surface area contributed by atoms with E-state index in [1.54, 1.807) is 0 Å². The molecule has 0 N–H and O–H groups in total. The number of hydrogen-bond donors (Lipinski definition) is 0. The lowest BCUT2D eigenvalue weighted by Crippen LogP contribution is -2.06. The van der Waals surface area contributed by atoms with Crippen LogP contribution in [0.15, 0.2) is 4.52 Å². The summed E-state index contributed by atoms with van der Waals surface area (Å²) in [6.45, 7) is 1.88. The summed E-state index contributed by atoms with van der Waals surface area (Å²) >= 11 is 0. The van der Waals surface area contributed by atoms with Crippen LogP contribution >= 0.6 is 0 Å². The summed E-state index contributed by atoms with van der Waals surface area (Å²) in [7, 11) is 0. The number of nitrogens with zero attached hydrogens (tertiary/aromatic N) is 3. The maximum atomic E-state index is 8.77. The average Bonchev–Trinajstić information content (AvgIpc) is 3.22. The molecule has 1 aromatic rings. The van der Waals surface area contributed by atoms with Crippen LogP contribution in [-0.4, -0.2) is 10.1 Å². The van der Waals surface area contributed by atoms with Crippen molar-refractivity contribution in [3.8, 4) is 6.07 Å². The van der Waals surface area contributed by atoms with Gasteiger partial charge in [0.2, 0.25) is 5.89 Å². The van der Waals surface area contributed by atoms with Gasteiger partial charge in [-0.1, -0.05) is 5.16 Å². The number of rotatable bonds is 5. The van der Waals surface area contributed by atoms with Gasteiger partial charge in [-0.15, -0.1) is 0 Å². The predicted molar refractivity (Wildman–Crippen MR) is 61.0 cm³/mol. The Morgan fingerprint density at radius 2 is 2.00 bits per heavy atom. The lowest BCUT2D eigenvalue weighted by atomic mass is 9.97. The van der Waals surface area contributed by atoms with E-state index in [0.29, 0.717) is 18.2 Å². The van der Waals surface area contributed by atoms with E-state index < -0.39 is 0 Å². The predicted octanol–water partition coefficient (Wildman–Crippen LogP) is 2.68. The van der Waals surface area contributed by atoms with Crippen molar-refractivity contribution >= 4 is 0 Å². The Labute approximate surface area is 101 Å². The van der Waals surface area contributed by atoms with E-state index >= 15 is 0 Å². The van der Waals surface area contributed by atoms with Crippen LogP contribution in [0.4, 0.5) is 0 Å². The second-order valence-corrected chi connectivity index (χ2v) is 5.48. The molecule has 2 fully saturated rings. The zero-order chi connectivity index (χ0) is 11.8. The van der Waals surface area contributed by atoms with E-state index in [2.05, 4.69) is 16.2 Å². The topological polar surface area (TPSA) is 62.7 Å². The third-order valence-corrected chi connectivity index (χ3v) is 3.74. The Kier molecular flexibility index (Phi) is 2.62. The molecule has 17 heavy (non-hydrogen) atoms. The van der Waals surface area contributed by atoms with Gasteiger partial charge in [0.05, 0.1) is 12.0 Å². The van der Waals surface area contributed by atoms with Crippen molar-refractivity contribution in [3.63, 3.8) is 0 Å². The Bertz CT molecular complexity index is 428. The van der Waals surface area contributed by atoms with E-state index in [9.17, 15) is 0 Å². The Hall–Kier alpha value is -1.37. The monoisotopic (exact) mass is 231 g/mol. The lowest BCUT2D eigenvalue weighted by Gasteiger charge is -2.09. The molecule has 0 saturated heterocycles. The van der Waals surface area contributed by atoms with Crippen molar-refractivity contribution in [2.24, 2.45) is 17.8 Å². The van der Waals surface area contributed by atoms with Crippen molar-refractivity contribution in [3.05, 3.63) is 11.7 Å². The minimum Gasteiger partial charge on any atom is -0.339 e. The highest BCUT2D eigenvalue weighted by molar-refractivity contribution is 5.09. The van der Waals surface area contributed by atoms with Gasteiger partial charge >= 0.3 is 0 Å². The van der Waals surface area contributed by atoms with E-state index in [-0.39, 0.29) is 5.92 Å². The first-order valence-electron chi connectivity index (χ1n) is 6.50. The molecule has 0 amide bonds. The number of nitriles is 1. The van der Waals surface area contributed by atoms with E-state index in [1.807, 2.05) is 6.92 Å². The van der Waals surface area contributed by atoms with Crippen molar-refractivity contribution in [1.29, 1.82) is 5.26 Å². The molecule has 1 atom stereocenters. The minimum absolute atomic E-state index is 0.0522. The van der Waals surface area contributed by atoms with Crippen LogP contribution in [0.3, 0.4) is 0 Å². The highest BCUT2D eigenvalue weighted by Gasteiger charge is 2.44. The van der Waals surface area contributed by atoms with Crippen LogP contribution in [0.25, 0.3) is 0 Å². The second kappa shape index (κ2) is 4.14. The zero-order valence-corrected chi connectivity index (χ0v) is 10.1. The number of aromatic nitrogens is 2. The van der Waals surface area contributed by atoms with Gasteiger partial charge in [-0.2, -0.15) is 10.2 Å². The summed E-state index contributed by atoms with van der Waals surface area (Å²) in [6.07, 6.45) is 5.85. The first kappa shape index (κ1) is 10.8. The Balaban J connectivity index is 1.72. The zero-order valence-electron chi connectivity index (χ0n) is 10.1. The van der Waals surface area contributed by atoms with Gasteiger partial charge in [0.25, 0.3) is 0 Å². The average molecular weight is 231 g/mol. The largest absolute Gasteiger partial charge is 0.339 e. The summed E-state index contributed by atoms with van der Waals surface area (Å²) in [4.78, 5) is 4.49. The molecule has 0 aliphatic heterocycles. The Morgan fingerprint density at radius 3 is 2.53 bits per heavy atom. The smallest absolute Gasteiger partial charge is 0.227 e. The van der Waals surface area contributed by atoms with Gasteiger partial charge < -0.3 is 4.52 Å². The molecule has 0 spiro atoms. The molecule has 3 rings (SSSR count). The lowest BCUT2D eigenvalue weighted by molar-refractivity contribution is 0.356. The standard InChI is InChI=1S/C13H17N3O/c1-8(7-14)6-11-15-13(16-17-11)12(9-2-3-9)10-4-5-10/h8-10,12H,2-6H2,1H3. The highest BCUT2D eigenvalue weighted by atomic mass is 16.5. The normalized spacial score (nSPS) is 21.5. The van der Waals surface area contributed by atoms with Crippen molar-refractivity contribution in [1.82, 2.24) is 10.1 Å². The molecule has 2 aliphatic rings. The molecular formula is C13H17N3O. The van der Waals surface area contributed by atoms with Crippen LogP contribution < -0.4 is 0 Å². The van der Waals surface area contributed by atoms with Gasteiger partial charge in [-0.25, -0.2) is 0 Å². The summed E-state index contributed by atoms with van der Waals surface area (Å²) in [5.74, 6) is 3.59. The number of hydrogen-bond acceptors (Lipinski definition) is 4. The molecule has 4 heteroatoms. The molecule has 4 nitrogen and oxygen atoms in total. The van der Waals surface area contributed by atoms with Gasteiger partial charge in [0.15, 0.2) is 5.82 Å². The Morgan fingerprint density at radius 1 is 1.35 bits per heavy atom. The molecule has 1 heterocycles. The fraction of sp³-hybridized carbons (Fsp3) is 0.769. The SMILES string of the molecule is CC(C#N)Cc1nc(C(C2CC2)C2CC2)no1. The fourth-order valence-electron chi connectivity index (χ4n) is 2.51. The van der Waals surface area contributed by atoms with Crippen LogP contribution in [0.1, 0.15) is 50.2 Å². The first-order chi connectivity index (χ1) is 8.28. The van der Waals surface area contributed by atoms with Crippen LogP contribution in [0, 0.1) is 29.1 Å². The van der Waals surface area contributed by atoms with Crippen molar-refractivity contribution < 1.29 is 4.52 Å². The van der Waals surface area contributed by atoms with E-state index in [4.69, 9.17) is 9.78 Å². The summed E-state index contributed by atoms with van der Waals surface area (Å²) in [5, 5.41) is 12.9. The minimum atomic E-state index is -0.0522. The van der Waals surface area contributed by atoms with Gasteiger partial charge in [-0.05, 0) is 44.4 Å². The molecule has 2 aliphatic carbocycles. The van der Waals surface area contributed by atoms with Gasteiger partial charge in [0, 0.05) is 12.3 Å². The molecular weight excluding hydrogens is 214 g/mol. The van der Waals surface area contributed by atoms with E-state index in [1.165, 1.54) is 25.7 Å². The third kappa shape index (κ3) is 2.33. The fourth-order valence-corrected chi connectivity index (χ4v) is 2.51. The molecule has 0 aromatic carbocycles. The molecule has 90 valence electrons. The van der Waals surface area contributed by atoms with Crippen molar-refractivity contribution in [2.75, 3.05) is 0 Å². The highest BCUT2D eigenvalue weighted by Crippen LogP contribution is 2.53.